The monoisotopic (exact) mass is 246 g/mol. The zero-order chi connectivity index (χ0) is 13.0. The highest BCUT2D eigenvalue weighted by molar-refractivity contribution is 7.89. The van der Waals surface area contributed by atoms with E-state index in [4.69, 9.17) is 5.26 Å². The van der Waals surface area contributed by atoms with Crippen LogP contribution in [0.5, 0.6) is 0 Å². The van der Waals surface area contributed by atoms with Crippen LogP contribution in [-0.4, -0.2) is 19.7 Å². The maximum absolute atomic E-state index is 11.7. The highest BCUT2D eigenvalue weighted by Crippen LogP contribution is 2.19. The number of hydrogen-bond acceptors (Lipinski definition) is 3. The molecule has 1 N–H and O–H groups in total. The highest BCUT2D eigenvalue weighted by Gasteiger charge is 2.28. The molecule has 94 valence electrons. The van der Waals surface area contributed by atoms with Crippen LogP contribution in [0.4, 0.5) is 0 Å². The van der Waals surface area contributed by atoms with Gasteiger partial charge >= 0.3 is 0 Å². The van der Waals surface area contributed by atoms with Gasteiger partial charge in [0.2, 0.25) is 10.0 Å². The second-order valence-electron chi connectivity index (χ2n) is 5.53. The molecule has 1 atom stereocenters. The Balaban J connectivity index is 4.55. The topological polar surface area (TPSA) is 70.0 Å². The summed E-state index contributed by atoms with van der Waals surface area (Å²) in [6.07, 6.45) is 1.03. The van der Waals surface area contributed by atoms with Gasteiger partial charge in [0.1, 0.15) is 5.54 Å². The maximum atomic E-state index is 11.7. The van der Waals surface area contributed by atoms with E-state index in [-0.39, 0.29) is 11.2 Å². The second kappa shape index (κ2) is 5.15. The molecule has 16 heavy (non-hydrogen) atoms. The van der Waals surface area contributed by atoms with E-state index in [1.165, 1.54) is 0 Å². The lowest BCUT2D eigenvalue weighted by Gasteiger charge is -2.23. The normalized spacial score (nSPS) is 16.5. The fourth-order valence-electron chi connectivity index (χ4n) is 1.01. The lowest BCUT2D eigenvalue weighted by molar-refractivity contribution is 0.394. The number of hydrogen-bond donors (Lipinski definition) is 1. The van der Waals surface area contributed by atoms with Crippen LogP contribution < -0.4 is 4.72 Å². The van der Waals surface area contributed by atoms with Crippen LogP contribution in [0.25, 0.3) is 0 Å². The van der Waals surface area contributed by atoms with Gasteiger partial charge < -0.3 is 0 Å². The maximum Gasteiger partial charge on any atom is 0.212 e. The van der Waals surface area contributed by atoms with E-state index in [2.05, 4.69) is 4.72 Å². The first-order valence-corrected chi connectivity index (χ1v) is 7.12. The van der Waals surface area contributed by atoms with Gasteiger partial charge in [-0.3, -0.25) is 0 Å². The van der Waals surface area contributed by atoms with Crippen molar-refractivity contribution in [3.63, 3.8) is 0 Å². The molecule has 0 radical (unpaired) electrons. The molecule has 0 heterocycles. The van der Waals surface area contributed by atoms with Crippen LogP contribution in [-0.2, 0) is 10.0 Å². The van der Waals surface area contributed by atoms with Gasteiger partial charge in [-0.05, 0) is 25.2 Å². The minimum absolute atomic E-state index is 0.0238. The third-order valence-corrected chi connectivity index (χ3v) is 3.96. The largest absolute Gasteiger partial charge is 0.212 e. The van der Waals surface area contributed by atoms with Gasteiger partial charge in [0.15, 0.2) is 0 Å². The molecule has 0 aliphatic heterocycles. The summed E-state index contributed by atoms with van der Waals surface area (Å²) in [5.41, 5.74) is -1.01. The van der Waals surface area contributed by atoms with Gasteiger partial charge in [-0.1, -0.05) is 27.7 Å². The lowest BCUT2D eigenvalue weighted by Crippen LogP contribution is -2.45. The van der Waals surface area contributed by atoms with Gasteiger partial charge in [-0.15, -0.1) is 0 Å². The molecule has 0 aromatic carbocycles. The van der Waals surface area contributed by atoms with Crippen molar-refractivity contribution in [2.24, 2.45) is 5.41 Å². The van der Waals surface area contributed by atoms with E-state index in [9.17, 15) is 8.42 Å². The summed E-state index contributed by atoms with van der Waals surface area (Å²) in [5, 5.41) is 8.90. The van der Waals surface area contributed by atoms with Crippen molar-refractivity contribution >= 4 is 10.0 Å². The molecule has 4 nitrogen and oxygen atoms in total. The van der Waals surface area contributed by atoms with Crippen molar-refractivity contribution < 1.29 is 8.42 Å². The first-order chi connectivity index (χ1) is 7.04. The Kier molecular flexibility index (Phi) is 4.96. The molecular formula is C11H22N2O2S. The second-order valence-corrected chi connectivity index (χ2v) is 7.37. The molecule has 0 fully saturated rings. The quantitative estimate of drug-likeness (QED) is 0.807. The molecule has 0 rings (SSSR count). The fraction of sp³-hybridized carbons (Fsp3) is 0.909. The fourth-order valence-corrected chi connectivity index (χ4v) is 2.87. The van der Waals surface area contributed by atoms with Gasteiger partial charge in [0.25, 0.3) is 0 Å². The molecule has 0 aromatic heterocycles. The van der Waals surface area contributed by atoms with Crippen LogP contribution in [0.3, 0.4) is 0 Å². The number of nitrogens with one attached hydrogen (secondary N) is 1. The Morgan fingerprint density at radius 2 is 1.75 bits per heavy atom. The van der Waals surface area contributed by atoms with Crippen LogP contribution in [0.15, 0.2) is 0 Å². The predicted molar refractivity (Wildman–Crippen MR) is 65.3 cm³/mol. The third-order valence-electron chi connectivity index (χ3n) is 2.46. The predicted octanol–water partition coefficient (Wildman–Crippen LogP) is 2.03. The van der Waals surface area contributed by atoms with Crippen molar-refractivity contribution in [2.45, 2.75) is 53.0 Å². The van der Waals surface area contributed by atoms with E-state index in [1.54, 1.807) is 13.8 Å². The molecule has 0 aliphatic carbocycles. The molecular weight excluding hydrogens is 224 g/mol. The molecule has 0 aromatic rings. The molecule has 1 unspecified atom stereocenters. The Bertz CT molecular complexity index is 362. The molecule has 5 heteroatoms. The number of nitrogens with zero attached hydrogens (tertiary/aromatic N) is 1. The van der Waals surface area contributed by atoms with Crippen molar-refractivity contribution in [1.29, 1.82) is 5.26 Å². The minimum atomic E-state index is -3.37. The van der Waals surface area contributed by atoms with E-state index in [0.717, 1.165) is 0 Å². The molecule has 0 aliphatic rings. The van der Waals surface area contributed by atoms with E-state index >= 15 is 0 Å². The van der Waals surface area contributed by atoms with Gasteiger partial charge in [-0.25, -0.2) is 8.42 Å². The smallest absolute Gasteiger partial charge is 0.212 e. The van der Waals surface area contributed by atoms with Crippen LogP contribution in [0.2, 0.25) is 0 Å². The standard InChI is InChI=1S/C11H22N2O2S/c1-6-11(5,9-12)13-16(14,15)8-7-10(2,3)4/h13H,6-8H2,1-5H3. The molecule has 0 spiro atoms. The Morgan fingerprint density at radius 1 is 1.25 bits per heavy atom. The summed E-state index contributed by atoms with van der Waals surface area (Å²) in [7, 11) is -3.37. The van der Waals surface area contributed by atoms with Crippen molar-refractivity contribution in [3.8, 4) is 6.07 Å². The van der Waals surface area contributed by atoms with Crippen molar-refractivity contribution in [2.75, 3.05) is 5.75 Å². The highest BCUT2D eigenvalue weighted by atomic mass is 32.2. The summed E-state index contributed by atoms with van der Waals surface area (Å²) in [5.74, 6) is 0.0633. The van der Waals surface area contributed by atoms with Gasteiger partial charge in [0.05, 0.1) is 11.8 Å². The van der Waals surface area contributed by atoms with Gasteiger partial charge in [-0.2, -0.15) is 9.98 Å². The summed E-state index contributed by atoms with van der Waals surface area (Å²) >= 11 is 0. The third kappa shape index (κ3) is 6.09. The molecule has 0 bridgehead atoms. The number of nitriles is 1. The van der Waals surface area contributed by atoms with Crippen molar-refractivity contribution in [3.05, 3.63) is 0 Å². The Morgan fingerprint density at radius 3 is 2.06 bits per heavy atom. The average molecular weight is 246 g/mol. The first kappa shape index (κ1) is 15.4. The lowest BCUT2D eigenvalue weighted by atomic mass is 9.94. The Labute approximate surface area is 99.1 Å². The van der Waals surface area contributed by atoms with Crippen LogP contribution in [0.1, 0.15) is 47.5 Å². The zero-order valence-electron chi connectivity index (χ0n) is 10.8. The molecule has 0 saturated carbocycles. The summed E-state index contributed by atoms with van der Waals surface area (Å²) < 4.78 is 25.9. The zero-order valence-corrected chi connectivity index (χ0v) is 11.6. The van der Waals surface area contributed by atoms with E-state index < -0.39 is 15.6 Å². The van der Waals surface area contributed by atoms with E-state index in [0.29, 0.717) is 12.8 Å². The minimum Gasteiger partial charge on any atom is -0.212 e. The Hall–Kier alpha value is -0.600. The average Bonchev–Trinajstić information content (AvgIpc) is 2.13. The SMILES string of the molecule is CCC(C)(C#N)NS(=O)(=O)CCC(C)(C)C. The number of sulfonamides is 1. The van der Waals surface area contributed by atoms with E-state index in [1.807, 2.05) is 26.8 Å². The number of rotatable bonds is 5. The summed E-state index contributed by atoms with van der Waals surface area (Å²) in [6, 6.07) is 1.99. The molecule has 0 amide bonds. The van der Waals surface area contributed by atoms with Gasteiger partial charge in [0, 0.05) is 0 Å². The summed E-state index contributed by atoms with van der Waals surface area (Å²) in [6.45, 7) is 9.36. The molecule has 0 saturated heterocycles. The van der Waals surface area contributed by atoms with Crippen molar-refractivity contribution in [1.82, 2.24) is 4.72 Å². The van der Waals surface area contributed by atoms with Crippen LogP contribution >= 0.6 is 0 Å². The first-order valence-electron chi connectivity index (χ1n) is 5.46. The summed E-state index contributed by atoms with van der Waals surface area (Å²) in [4.78, 5) is 0. The van der Waals surface area contributed by atoms with Crippen LogP contribution in [0, 0.1) is 16.7 Å².